The highest BCUT2D eigenvalue weighted by Gasteiger charge is 2.03. The van der Waals surface area contributed by atoms with Crippen molar-refractivity contribution in [2.75, 3.05) is 5.32 Å². The van der Waals surface area contributed by atoms with Gasteiger partial charge in [-0.25, -0.2) is 4.99 Å². The van der Waals surface area contributed by atoms with Crippen LogP contribution in [-0.4, -0.2) is 5.84 Å². The molecule has 120 valence electrons. The molecule has 0 aromatic heterocycles. The first-order valence-corrected chi connectivity index (χ1v) is 8.21. The third kappa shape index (κ3) is 4.56. The highest BCUT2D eigenvalue weighted by Crippen LogP contribution is 2.16. The van der Waals surface area contributed by atoms with Crippen molar-refractivity contribution in [3.8, 4) is 0 Å². The van der Waals surface area contributed by atoms with Crippen molar-refractivity contribution in [2.24, 2.45) is 4.99 Å². The van der Waals surface area contributed by atoms with Crippen molar-refractivity contribution in [1.82, 2.24) is 0 Å². The van der Waals surface area contributed by atoms with Crippen LogP contribution in [-0.2, 0) is 6.42 Å². The van der Waals surface area contributed by atoms with Gasteiger partial charge in [-0.2, -0.15) is 0 Å². The van der Waals surface area contributed by atoms with Gasteiger partial charge in [0, 0.05) is 12.1 Å². The Balaban J connectivity index is 1.87. The van der Waals surface area contributed by atoms with Crippen molar-refractivity contribution in [1.29, 1.82) is 0 Å². The van der Waals surface area contributed by atoms with Gasteiger partial charge < -0.3 is 5.32 Å². The van der Waals surface area contributed by atoms with Crippen molar-refractivity contribution in [3.63, 3.8) is 0 Å². The molecule has 0 atom stereocenters. The van der Waals surface area contributed by atoms with E-state index in [4.69, 9.17) is 4.99 Å². The Morgan fingerprint density at radius 1 is 0.750 bits per heavy atom. The number of amidine groups is 1. The number of aryl methyl sites for hydroxylation is 2. The first-order chi connectivity index (χ1) is 11.7. The topological polar surface area (TPSA) is 24.4 Å². The van der Waals surface area contributed by atoms with Crippen LogP contribution in [0.2, 0.25) is 0 Å². The fourth-order valence-electron chi connectivity index (χ4n) is 2.48. The number of hydrogen-bond acceptors (Lipinski definition) is 1. The standard InChI is InChI=1S/C22H22N2/c1-17-8-12-20(13-9-17)23-22(16-19-6-4-3-5-7-19)24-21-14-10-18(2)11-15-21/h3-15H,16H2,1-2H3,(H,23,24). The predicted molar refractivity (Wildman–Crippen MR) is 103 cm³/mol. The Labute approximate surface area is 143 Å². The van der Waals surface area contributed by atoms with Gasteiger partial charge in [0.15, 0.2) is 0 Å². The number of anilines is 1. The lowest BCUT2D eigenvalue weighted by atomic mass is 10.1. The van der Waals surface area contributed by atoms with Gasteiger partial charge in [0.25, 0.3) is 0 Å². The van der Waals surface area contributed by atoms with Crippen molar-refractivity contribution in [2.45, 2.75) is 20.3 Å². The SMILES string of the molecule is Cc1ccc(N=C(Cc2ccccc2)Nc2ccc(C)cc2)cc1. The molecule has 3 aromatic carbocycles. The summed E-state index contributed by atoms with van der Waals surface area (Å²) in [5, 5.41) is 3.47. The van der Waals surface area contributed by atoms with Gasteiger partial charge in [-0.15, -0.1) is 0 Å². The fourth-order valence-corrected chi connectivity index (χ4v) is 2.48. The van der Waals surface area contributed by atoms with Crippen molar-refractivity contribution >= 4 is 17.2 Å². The number of nitrogens with one attached hydrogen (secondary N) is 1. The number of hydrogen-bond donors (Lipinski definition) is 1. The molecule has 0 spiro atoms. The summed E-state index contributed by atoms with van der Waals surface area (Å²) in [6.07, 6.45) is 0.766. The van der Waals surface area contributed by atoms with Crippen LogP contribution in [0.25, 0.3) is 0 Å². The van der Waals surface area contributed by atoms with Gasteiger partial charge in [-0.1, -0.05) is 65.7 Å². The third-order valence-corrected chi connectivity index (χ3v) is 3.85. The molecule has 0 unspecified atom stereocenters. The molecule has 1 N–H and O–H groups in total. The Hall–Kier alpha value is -2.87. The zero-order valence-electron chi connectivity index (χ0n) is 14.2. The number of benzene rings is 3. The molecular formula is C22H22N2. The molecule has 0 bridgehead atoms. The van der Waals surface area contributed by atoms with Gasteiger partial charge in [0.1, 0.15) is 5.84 Å². The van der Waals surface area contributed by atoms with Crippen molar-refractivity contribution < 1.29 is 0 Å². The lowest BCUT2D eigenvalue weighted by molar-refractivity contribution is 1.28. The lowest BCUT2D eigenvalue weighted by Gasteiger charge is -2.11. The lowest BCUT2D eigenvalue weighted by Crippen LogP contribution is -2.15. The maximum absolute atomic E-state index is 4.82. The molecule has 3 aromatic rings. The fraction of sp³-hybridized carbons (Fsp3) is 0.136. The minimum Gasteiger partial charge on any atom is -0.343 e. The molecule has 0 saturated carbocycles. The van der Waals surface area contributed by atoms with Crippen LogP contribution >= 0.6 is 0 Å². The van der Waals surface area contributed by atoms with E-state index in [2.05, 4.69) is 92.0 Å². The highest BCUT2D eigenvalue weighted by atomic mass is 15.0. The largest absolute Gasteiger partial charge is 0.343 e. The van der Waals surface area contributed by atoms with E-state index in [1.165, 1.54) is 16.7 Å². The molecule has 0 saturated heterocycles. The van der Waals surface area contributed by atoms with Crippen LogP contribution in [0.4, 0.5) is 11.4 Å². The molecule has 0 fully saturated rings. The summed E-state index contributed by atoms with van der Waals surface area (Å²) in [6, 6.07) is 27.1. The molecule has 0 heterocycles. The zero-order chi connectivity index (χ0) is 16.8. The second kappa shape index (κ2) is 7.60. The molecule has 0 radical (unpaired) electrons. The summed E-state index contributed by atoms with van der Waals surface area (Å²) in [5.41, 5.74) is 5.75. The van der Waals surface area contributed by atoms with E-state index in [0.29, 0.717) is 0 Å². The molecule has 0 aliphatic rings. The monoisotopic (exact) mass is 314 g/mol. The van der Waals surface area contributed by atoms with E-state index in [0.717, 1.165) is 23.6 Å². The summed E-state index contributed by atoms with van der Waals surface area (Å²) >= 11 is 0. The molecule has 0 aliphatic heterocycles. The van der Waals surface area contributed by atoms with Crippen LogP contribution in [0.3, 0.4) is 0 Å². The van der Waals surface area contributed by atoms with Crippen LogP contribution < -0.4 is 5.32 Å². The van der Waals surface area contributed by atoms with Gasteiger partial charge in [-0.3, -0.25) is 0 Å². The maximum Gasteiger partial charge on any atom is 0.111 e. The van der Waals surface area contributed by atoms with Gasteiger partial charge in [0.05, 0.1) is 5.69 Å². The van der Waals surface area contributed by atoms with Crippen LogP contribution in [0, 0.1) is 13.8 Å². The molecule has 24 heavy (non-hydrogen) atoms. The number of rotatable bonds is 4. The van der Waals surface area contributed by atoms with E-state index >= 15 is 0 Å². The van der Waals surface area contributed by atoms with Gasteiger partial charge in [0.2, 0.25) is 0 Å². The Kier molecular flexibility index (Phi) is 5.07. The highest BCUT2D eigenvalue weighted by molar-refractivity contribution is 5.98. The minimum atomic E-state index is 0.766. The second-order valence-electron chi connectivity index (χ2n) is 6.05. The quantitative estimate of drug-likeness (QED) is 0.485. The van der Waals surface area contributed by atoms with Crippen LogP contribution in [0.1, 0.15) is 16.7 Å². The average Bonchev–Trinajstić information content (AvgIpc) is 2.60. The number of aliphatic imine (C=N–C) groups is 1. The van der Waals surface area contributed by atoms with E-state index in [1.807, 2.05) is 6.07 Å². The zero-order valence-corrected chi connectivity index (χ0v) is 14.2. The third-order valence-electron chi connectivity index (χ3n) is 3.85. The maximum atomic E-state index is 4.82. The summed E-state index contributed by atoms with van der Waals surface area (Å²) in [7, 11) is 0. The smallest absolute Gasteiger partial charge is 0.111 e. The first kappa shape index (κ1) is 16.0. The molecule has 0 aliphatic carbocycles. The average molecular weight is 314 g/mol. The molecule has 2 nitrogen and oxygen atoms in total. The molecule has 0 amide bonds. The number of nitrogens with zero attached hydrogens (tertiary/aromatic N) is 1. The summed E-state index contributed by atoms with van der Waals surface area (Å²) < 4.78 is 0. The molecule has 3 rings (SSSR count). The van der Waals surface area contributed by atoms with E-state index in [-0.39, 0.29) is 0 Å². The van der Waals surface area contributed by atoms with Gasteiger partial charge in [-0.05, 0) is 43.7 Å². The minimum absolute atomic E-state index is 0.766. The molecular weight excluding hydrogens is 292 g/mol. The normalized spacial score (nSPS) is 11.3. The Bertz CT molecular complexity index is 801. The first-order valence-electron chi connectivity index (χ1n) is 8.21. The van der Waals surface area contributed by atoms with E-state index < -0.39 is 0 Å². The summed E-state index contributed by atoms with van der Waals surface area (Å²) in [6.45, 7) is 4.18. The van der Waals surface area contributed by atoms with Gasteiger partial charge >= 0.3 is 0 Å². The predicted octanol–water partition coefficient (Wildman–Crippen LogP) is 5.69. The Morgan fingerprint density at radius 3 is 1.96 bits per heavy atom. The van der Waals surface area contributed by atoms with E-state index in [1.54, 1.807) is 0 Å². The van der Waals surface area contributed by atoms with E-state index in [9.17, 15) is 0 Å². The second-order valence-corrected chi connectivity index (χ2v) is 6.05. The Morgan fingerprint density at radius 2 is 1.33 bits per heavy atom. The van der Waals surface area contributed by atoms with Crippen molar-refractivity contribution in [3.05, 3.63) is 95.6 Å². The summed E-state index contributed by atoms with van der Waals surface area (Å²) in [4.78, 5) is 4.82. The molecule has 2 heteroatoms. The summed E-state index contributed by atoms with van der Waals surface area (Å²) in [5.74, 6) is 0.939. The van der Waals surface area contributed by atoms with Crippen LogP contribution in [0.5, 0.6) is 0 Å². The van der Waals surface area contributed by atoms with Crippen LogP contribution in [0.15, 0.2) is 83.9 Å².